The molecule has 0 bridgehead atoms. The second-order valence-corrected chi connectivity index (χ2v) is 10.2. The highest BCUT2D eigenvalue weighted by molar-refractivity contribution is 5.76. The maximum atomic E-state index is 13.0. The molecule has 8 nitrogen and oxygen atoms in total. The van der Waals surface area contributed by atoms with Gasteiger partial charge in [0.05, 0.1) is 14.2 Å². The molecule has 206 valence electrons. The predicted octanol–water partition coefficient (Wildman–Crippen LogP) is 4.13. The third-order valence-electron chi connectivity index (χ3n) is 7.85. The summed E-state index contributed by atoms with van der Waals surface area (Å²) in [6.07, 6.45) is 2.81. The van der Waals surface area contributed by atoms with Crippen molar-refractivity contribution in [1.82, 2.24) is 14.7 Å². The van der Waals surface area contributed by atoms with E-state index in [9.17, 15) is 9.59 Å². The van der Waals surface area contributed by atoms with E-state index in [1.807, 2.05) is 43.0 Å². The molecule has 1 aliphatic carbocycles. The van der Waals surface area contributed by atoms with Crippen molar-refractivity contribution in [3.05, 3.63) is 52.6 Å². The molecule has 0 radical (unpaired) electrons. The van der Waals surface area contributed by atoms with Crippen LogP contribution in [0.4, 0.5) is 4.79 Å². The van der Waals surface area contributed by atoms with Gasteiger partial charge in [-0.25, -0.2) is 4.79 Å². The van der Waals surface area contributed by atoms with Gasteiger partial charge in [0.1, 0.15) is 5.75 Å². The molecule has 0 saturated heterocycles. The van der Waals surface area contributed by atoms with E-state index in [0.29, 0.717) is 31.2 Å². The molecule has 2 amide bonds. The van der Waals surface area contributed by atoms with Gasteiger partial charge in [-0.05, 0) is 86.7 Å². The third kappa shape index (κ3) is 6.23. The lowest BCUT2D eigenvalue weighted by Crippen LogP contribution is -2.37. The van der Waals surface area contributed by atoms with E-state index in [0.717, 1.165) is 56.9 Å². The molecular weight excluding hydrogens is 482 g/mol. The number of hydrogen-bond donors (Lipinski definition) is 0. The van der Waals surface area contributed by atoms with E-state index in [2.05, 4.69) is 18.0 Å². The topological polar surface area (TPSA) is 71.6 Å². The quantitative estimate of drug-likeness (QED) is 0.466. The molecular formula is C30H41N3O5. The molecule has 2 aromatic carbocycles. The summed E-state index contributed by atoms with van der Waals surface area (Å²) in [5.74, 6) is 2.73. The number of carbonyl (C=O) groups is 2. The number of likely N-dealkylation sites (N-methyl/N-ethyl adjacent to an activating group) is 1. The zero-order valence-corrected chi connectivity index (χ0v) is 23.4. The minimum absolute atomic E-state index is 0.206. The van der Waals surface area contributed by atoms with Crippen molar-refractivity contribution in [3.8, 4) is 17.2 Å². The SMILES string of the molecule is CCN(CC)C(=O)Oc1ccc2c(c1)CC2CN(C)CCC(=O)N1CCc2cc(OC)c(OC)cc2CC1. The Morgan fingerprint density at radius 3 is 2.13 bits per heavy atom. The number of fused-ring (bicyclic) bond motifs is 2. The second kappa shape index (κ2) is 12.5. The average Bonchev–Trinajstić information content (AvgIpc) is 3.12. The van der Waals surface area contributed by atoms with Crippen molar-refractivity contribution in [2.75, 3.05) is 60.5 Å². The van der Waals surface area contributed by atoms with Crippen LogP contribution in [-0.2, 0) is 24.1 Å². The Hall–Kier alpha value is -3.26. The predicted molar refractivity (Wildman–Crippen MR) is 147 cm³/mol. The van der Waals surface area contributed by atoms with Gasteiger partial charge in [0.2, 0.25) is 5.91 Å². The average molecular weight is 524 g/mol. The van der Waals surface area contributed by atoms with Crippen LogP contribution in [0.25, 0.3) is 0 Å². The third-order valence-corrected chi connectivity index (χ3v) is 7.85. The number of methoxy groups -OCH3 is 2. The summed E-state index contributed by atoms with van der Waals surface area (Å²) >= 11 is 0. The van der Waals surface area contributed by atoms with Gasteiger partial charge in [-0.3, -0.25) is 4.79 Å². The van der Waals surface area contributed by atoms with Crippen LogP contribution in [-0.4, -0.2) is 87.2 Å². The number of amides is 2. The monoisotopic (exact) mass is 523 g/mol. The van der Waals surface area contributed by atoms with Crippen LogP contribution in [0.5, 0.6) is 17.2 Å². The van der Waals surface area contributed by atoms with Crippen molar-refractivity contribution in [2.24, 2.45) is 0 Å². The van der Waals surface area contributed by atoms with Crippen LogP contribution in [0.2, 0.25) is 0 Å². The molecule has 0 N–H and O–H groups in total. The van der Waals surface area contributed by atoms with Crippen molar-refractivity contribution < 1.29 is 23.8 Å². The summed E-state index contributed by atoms with van der Waals surface area (Å²) < 4.78 is 16.5. The molecule has 0 spiro atoms. The molecule has 0 aromatic heterocycles. The first-order valence-corrected chi connectivity index (χ1v) is 13.7. The molecule has 1 aliphatic heterocycles. The van der Waals surface area contributed by atoms with E-state index >= 15 is 0 Å². The van der Waals surface area contributed by atoms with Crippen LogP contribution in [0.15, 0.2) is 30.3 Å². The Balaban J connectivity index is 1.24. The summed E-state index contributed by atoms with van der Waals surface area (Å²) in [5.41, 5.74) is 5.00. The fourth-order valence-corrected chi connectivity index (χ4v) is 5.49. The lowest BCUT2D eigenvalue weighted by atomic mass is 9.77. The van der Waals surface area contributed by atoms with Gasteiger partial charge in [0.15, 0.2) is 11.5 Å². The number of ether oxygens (including phenoxy) is 3. The van der Waals surface area contributed by atoms with Gasteiger partial charge in [0.25, 0.3) is 0 Å². The Labute approximate surface area is 226 Å². The van der Waals surface area contributed by atoms with E-state index < -0.39 is 0 Å². The van der Waals surface area contributed by atoms with E-state index in [1.165, 1.54) is 22.3 Å². The van der Waals surface area contributed by atoms with Crippen LogP contribution < -0.4 is 14.2 Å². The lowest BCUT2D eigenvalue weighted by molar-refractivity contribution is -0.131. The molecule has 2 aliphatic rings. The van der Waals surface area contributed by atoms with Crippen molar-refractivity contribution in [1.29, 1.82) is 0 Å². The molecule has 8 heteroatoms. The normalized spacial score (nSPS) is 16.2. The standard InChI is InChI=1S/C30H41N3O5/c1-6-32(7-2)30(35)38-25-8-9-26-23(17-25)16-24(26)20-31(3)13-12-29(34)33-14-10-21-18-27(36-4)28(37-5)19-22(21)11-15-33/h8-9,17-19,24H,6-7,10-16,20H2,1-5H3. The first kappa shape index (κ1) is 27.8. The highest BCUT2D eigenvalue weighted by atomic mass is 16.6. The van der Waals surface area contributed by atoms with E-state index in [1.54, 1.807) is 19.1 Å². The van der Waals surface area contributed by atoms with E-state index in [-0.39, 0.29) is 12.0 Å². The Bertz CT molecular complexity index is 1110. The number of rotatable bonds is 10. The fourth-order valence-electron chi connectivity index (χ4n) is 5.49. The van der Waals surface area contributed by atoms with Gasteiger partial charge in [-0.15, -0.1) is 0 Å². The Morgan fingerprint density at radius 1 is 0.947 bits per heavy atom. The molecule has 0 fully saturated rings. The molecule has 4 rings (SSSR count). The molecule has 1 heterocycles. The van der Waals surface area contributed by atoms with Crippen molar-refractivity contribution in [3.63, 3.8) is 0 Å². The van der Waals surface area contributed by atoms with Crippen LogP contribution >= 0.6 is 0 Å². The van der Waals surface area contributed by atoms with Crippen molar-refractivity contribution in [2.45, 2.75) is 45.4 Å². The van der Waals surface area contributed by atoms with Gasteiger partial charge >= 0.3 is 6.09 Å². The van der Waals surface area contributed by atoms with E-state index in [4.69, 9.17) is 14.2 Å². The number of benzene rings is 2. The molecule has 0 saturated carbocycles. The summed E-state index contributed by atoms with van der Waals surface area (Å²) in [7, 11) is 5.39. The maximum Gasteiger partial charge on any atom is 0.415 e. The largest absolute Gasteiger partial charge is 0.493 e. The smallest absolute Gasteiger partial charge is 0.415 e. The highest BCUT2D eigenvalue weighted by Gasteiger charge is 2.28. The molecule has 2 aromatic rings. The minimum Gasteiger partial charge on any atom is -0.493 e. The maximum absolute atomic E-state index is 13.0. The van der Waals surface area contributed by atoms with Crippen LogP contribution in [0.3, 0.4) is 0 Å². The Morgan fingerprint density at radius 2 is 1.58 bits per heavy atom. The van der Waals surface area contributed by atoms with Gasteiger partial charge in [0, 0.05) is 51.6 Å². The lowest BCUT2D eigenvalue weighted by Gasteiger charge is -2.34. The molecule has 1 unspecified atom stereocenters. The zero-order valence-electron chi connectivity index (χ0n) is 23.4. The number of carbonyl (C=O) groups excluding carboxylic acids is 2. The summed E-state index contributed by atoms with van der Waals surface area (Å²) in [6.45, 7) is 8.24. The summed E-state index contributed by atoms with van der Waals surface area (Å²) in [6, 6.07) is 10.0. The number of hydrogen-bond acceptors (Lipinski definition) is 6. The Kier molecular flexibility index (Phi) is 9.15. The highest BCUT2D eigenvalue weighted by Crippen LogP contribution is 2.38. The summed E-state index contributed by atoms with van der Waals surface area (Å²) in [4.78, 5) is 31.2. The zero-order chi connectivity index (χ0) is 27.2. The van der Waals surface area contributed by atoms with Gasteiger partial charge in [-0.2, -0.15) is 0 Å². The van der Waals surface area contributed by atoms with Crippen LogP contribution in [0.1, 0.15) is 48.4 Å². The minimum atomic E-state index is -0.303. The van der Waals surface area contributed by atoms with Crippen LogP contribution in [0, 0.1) is 0 Å². The first-order chi connectivity index (χ1) is 18.4. The van der Waals surface area contributed by atoms with Crippen molar-refractivity contribution >= 4 is 12.0 Å². The molecule has 38 heavy (non-hydrogen) atoms. The second-order valence-electron chi connectivity index (χ2n) is 10.2. The first-order valence-electron chi connectivity index (χ1n) is 13.7. The number of nitrogens with zero attached hydrogens (tertiary/aromatic N) is 3. The van der Waals surface area contributed by atoms with Gasteiger partial charge < -0.3 is 28.9 Å². The summed E-state index contributed by atoms with van der Waals surface area (Å²) in [5, 5.41) is 0. The fraction of sp³-hybridized carbons (Fsp3) is 0.533. The molecule has 1 atom stereocenters. The van der Waals surface area contributed by atoms with Gasteiger partial charge in [-0.1, -0.05) is 6.07 Å².